The summed E-state index contributed by atoms with van der Waals surface area (Å²) in [6.45, 7) is 6.67. The van der Waals surface area contributed by atoms with Crippen molar-refractivity contribution in [2.45, 2.75) is 39.7 Å². The highest BCUT2D eigenvalue weighted by molar-refractivity contribution is 5.77. The predicted octanol–water partition coefficient (Wildman–Crippen LogP) is 3.01. The van der Waals surface area contributed by atoms with Crippen LogP contribution in [0.4, 0.5) is 5.95 Å². The lowest BCUT2D eigenvalue weighted by Crippen LogP contribution is -2.17. The molecule has 4 heteroatoms. The van der Waals surface area contributed by atoms with Gasteiger partial charge in [0.1, 0.15) is 5.52 Å². The molecule has 92 valence electrons. The standard InChI is InChI=1S/C13H20N4/c1-4-10(5-2)9(3)17-12-6-7-15-8-11(12)16-13(17)14/h6-10H,4-5H2,1-3H3,(H2,14,16). The van der Waals surface area contributed by atoms with E-state index in [2.05, 4.69) is 35.3 Å². The van der Waals surface area contributed by atoms with Gasteiger partial charge in [-0.05, 0) is 18.9 Å². The fourth-order valence-corrected chi connectivity index (χ4v) is 2.58. The highest BCUT2D eigenvalue weighted by Gasteiger charge is 2.20. The van der Waals surface area contributed by atoms with Gasteiger partial charge in [0.15, 0.2) is 0 Å². The van der Waals surface area contributed by atoms with E-state index in [0.717, 1.165) is 23.9 Å². The average molecular weight is 232 g/mol. The van der Waals surface area contributed by atoms with Crippen LogP contribution in [0.5, 0.6) is 0 Å². The Bertz CT molecular complexity index is 499. The third-order valence-corrected chi connectivity index (χ3v) is 3.66. The molecule has 1 unspecified atom stereocenters. The van der Waals surface area contributed by atoms with Crippen molar-refractivity contribution < 1.29 is 0 Å². The highest BCUT2D eigenvalue weighted by atomic mass is 15.2. The van der Waals surface area contributed by atoms with Crippen LogP contribution in [0.2, 0.25) is 0 Å². The summed E-state index contributed by atoms with van der Waals surface area (Å²) in [7, 11) is 0. The molecule has 0 spiro atoms. The Hall–Kier alpha value is -1.58. The molecule has 0 amide bonds. The molecule has 1 atom stereocenters. The molecule has 2 aromatic rings. The fraction of sp³-hybridized carbons (Fsp3) is 0.538. The van der Waals surface area contributed by atoms with Crippen LogP contribution in [0.15, 0.2) is 18.5 Å². The van der Waals surface area contributed by atoms with Gasteiger partial charge in [-0.1, -0.05) is 26.7 Å². The predicted molar refractivity (Wildman–Crippen MR) is 70.7 cm³/mol. The number of hydrogen-bond acceptors (Lipinski definition) is 3. The van der Waals surface area contributed by atoms with Gasteiger partial charge in [-0.25, -0.2) is 4.98 Å². The van der Waals surface area contributed by atoms with Crippen LogP contribution in [0, 0.1) is 5.92 Å². The van der Waals surface area contributed by atoms with Crippen molar-refractivity contribution >= 4 is 17.0 Å². The number of nitrogens with zero attached hydrogens (tertiary/aromatic N) is 3. The summed E-state index contributed by atoms with van der Waals surface area (Å²) < 4.78 is 2.13. The van der Waals surface area contributed by atoms with E-state index in [-0.39, 0.29) is 0 Å². The Morgan fingerprint density at radius 2 is 2.06 bits per heavy atom. The summed E-state index contributed by atoms with van der Waals surface area (Å²) in [6, 6.07) is 2.36. The molecule has 0 aliphatic carbocycles. The van der Waals surface area contributed by atoms with Crippen LogP contribution in [-0.4, -0.2) is 14.5 Å². The lowest BCUT2D eigenvalue weighted by atomic mass is 9.95. The Morgan fingerprint density at radius 3 is 2.71 bits per heavy atom. The molecule has 0 aromatic carbocycles. The molecule has 2 heterocycles. The van der Waals surface area contributed by atoms with Crippen molar-refractivity contribution in [1.29, 1.82) is 0 Å². The second-order valence-electron chi connectivity index (χ2n) is 4.52. The normalized spacial score (nSPS) is 13.4. The molecule has 0 radical (unpaired) electrons. The number of nitrogen functional groups attached to an aromatic ring is 1. The van der Waals surface area contributed by atoms with E-state index in [1.54, 1.807) is 12.4 Å². The number of aromatic nitrogens is 3. The molecule has 2 aromatic heterocycles. The summed E-state index contributed by atoms with van der Waals surface area (Å²) in [5, 5.41) is 0. The third-order valence-electron chi connectivity index (χ3n) is 3.66. The lowest BCUT2D eigenvalue weighted by molar-refractivity contribution is 0.342. The third kappa shape index (κ3) is 1.99. The van der Waals surface area contributed by atoms with Gasteiger partial charge in [0.05, 0.1) is 11.7 Å². The van der Waals surface area contributed by atoms with E-state index in [1.165, 1.54) is 0 Å². The first-order valence-corrected chi connectivity index (χ1v) is 6.26. The monoisotopic (exact) mass is 232 g/mol. The SMILES string of the molecule is CCC(CC)C(C)n1c(N)nc2cnccc21. The highest BCUT2D eigenvalue weighted by Crippen LogP contribution is 2.30. The van der Waals surface area contributed by atoms with Crippen molar-refractivity contribution in [3.8, 4) is 0 Å². The Kier molecular flexibility index (Phi) is 3.31. The van der Waals surface area contributed by atoms with Gasteiger partial charge in [-0.2, -0.15) is 0 Å². The first-order valence-electron chi connectivity index (χ1n) is 6.26. The van der Waals surface area contributed by atoms with Gasteiger partial charge in [0.2, 0.25) is 5.95 Å². The Morgan fingerprint density at radius 1 is 1.35 bits per heavy atom. The van der Waals surface area contributed by atoms with E-state index in [9.17, 15) is 0 Å². The smallest absolute Gasteiger partial charge is 0.201 e. The van der Waals surface area contributed by atoms with Crippen LogP contribution in [-0.2, 0) is 0 Å². The molecule has 0 saturated heterocycles. The van der Waals surface area contributed by atoms with Crippen LogP contribution in [0.25, 0.3) is 11.0 Å². The van der Waals surface area contributed by atoms with E-state index in [4.69, 9.17) is 5.73 Å². The van der Waals surface area contributed by atoms with Crippen molar-refractivity contribution in [2.24, 2.45) is 5.92 Å². The summed E-state index contributed by atoms with van der Waals surface area (Å²) in [5.74, 6) is 1.22. The number of imidazole rings is 1. The first kappa shape index (κ1) is 11.9. The maximum absolute atomic E-state index is 6.03. The zero-order chi connectivity index (χ0) is 12.4. The van der Waals surface area contributed by atoms with Gasteiger partial charge in [0, 0.05) is 12.2 Å². The van der Waals surface area contributed by atoms with Gasteiger partial charge in [-0.15, -0.1) is 0 Å². The minimum absolute atomic E-state index is 0.373. The summed E-state index contributed by atoms with van der Waals surface area (Å²) >= 11 is 0. The molecular formula is C13H20N4. The summed E-state index contributed by atoms with van der Waals surface area (Å²) in [4.78, 5) is 8.44. The topological polar surface area (TPSA) is 56.7 Å². The number of hydrogen-bond donors (Lipinski definition) is 1. The average Bonchev–Trinajstić information content (AvgIpc) is 2.66. The molecular weight excluding hydrogens is 212 g/mol. The first-order chi connectivity index (χ1) is 8.19. The number of pyridine rings is 1. The van der Waals surface area contributed by atoms with Crippen LogP contribution >= 0.6 is 0 Å². The van der Waals surface area contributed by atoms with Gasteiger partial charge < -0.3 is 10.3 Å². The fourth-order valence-electron chi connectivity index (χ4n) is 2.58. The molecule has 17 heavy (non-hydrogen) atoms. The molecule has 0 aliphatic heterocycles. The Labute approximate surface area is 102 Å². The van der Waals surface area contributed by atoms with Crippen molar-refractivity contribution in [3.63, 3.8) is 0 Å². The maximum atomic E-state index is 6.03. The molecule has 0 aliphatic rings. The van der Waals surface area contributed by atoms with Crippen LogP contribution in [0.1, 0.15) is 39.7 Å². The minimum atomic E-state index is 0.373. The quantitative estimate of drug-likeness (QED) is 0.881. The summed E-state index contributed by atoms with van der Waals surface area (Å²) in [6.07, 6.45) is 5.87. The molecule has 0 saturated carbocycles. The summed E-state index contributed by atoms with van der Waals surface area (Å²) in [5.41, 5.74) is 7.98. The van der Waals surface area contributed by atoms with Crippen LogP contribution in [0.3, 0.4) is 0 Å². The zero-order valence-electron chi connectivity index (χ0n) is 10.7. The largest absolute Gasteiger partial charge is 0.369 e. The van der Waals surface area contributed by atoms with Gasteiger partial charge in [0.25, 0.3) is 0 Å². The van der Waals surface area contributed by atoms with Crippen LogP contribution < -0.4 is 5.73 Å². The molecule has 4 nitrogen and oxygen atoms in total. The van der Waals surface area contributed by atoms with Gasteiger partial charge >= 0.3 is 0 Å². The number of nitrogens with two attached hydrogens (primary N) is 1. The lowest BCUT2D eigenvalue weighted by Gasteiger charge is -2.24. The molecule has 0 bridgehead atoms. The maximum Gasteiger partial charge on any atom is 0.201 e. The minimum Gasteiger partial charge on any atom is -0.369 e. The van der Waals surface area contributed by atoms with Crippen molar-refractivity contribution in [2.75, 3.05) is 5.73 Å². The molecule has 2 rings (SSSR count). The van der Waals surface area contributed by atoms with Gasteiger partial charge in [-0.3, -0.25) is 4.98 Å². The molecule has 2 N–H and O–H groups in total. The van der Waals surface area contributed by atoms with E-state index >= 15 is 0 Å². The molecule has 0 fully saturated rings. The van der Waals surface area contributed by atoms with E-state index in [0.29, 0.717) is 17.9 Å². The number of fused-ring (bicyclic) bond motifs is 1. The van der Waals surface area contributed by atoms with Crippen molar-refractivity contribution in [3.05, 3.63) is 18.5 Å². The number of rotatable bonds is 4. The van der Waals surface area contributed by atoms with Crippen molar-refractivity contribution in [1.82, 2.24) is 14.5 Å². The zero-order valence-corrected chi connectivity index (χ0v) is 10.7. The van der Waals surface area contributed by atoms with E-state index in [1.807, 2.05) is 6.07 Å². The second-order valence-corrected chi connectivity index (χ2v) is 4.52. The van der Waals surface area contributed by atoms with E-state index < -0.39 is 0 Å². The second kappa shape index (κ2) is 4.73. The Balaban J connectivity index is 2.50. The number of anilines is 1.